The number of hydrogen-bond acceptors (Lipinski definition) is 7. The molecule has 1 aromatic carbocycles. The number of rotatable bonds is 6. The number of hydrogen-bond donors (Lipinski definition) is 1. The average molecular weight is 475 g/mol. The predicted molar refractivity (Wildman–Crippen MR) is 118 cm³/mol. The maximum atomic E-state index is 13.9. The van der Waals surface area contributed by atoms with Crippen molar-refractivity contribution in [3.8, 4) is 0 Å². The third-order valence-corrected chi connectivity index (χ3v) is 7.41. The minimum atomic E-state index is -4.01. The van der Waals surface area contributed by atoms with Crippen LogP contribution in [0.25, 0.3) is 12.2 Å². The Morgan fingerprint density at radius 3 is 2.73 bits per heavy atom. The lowest BCUT2D eigenvalue weighted by molar-refractivity contribution is -0.120. The summed E-state index contributed by atoms with van der Waals surface area (Å²) in [5.41, 5.74) is 0.473. The zero-order valence-corrected chi connectivity index (χ0v) is 18.9. The van der Waals surface area contributed by atoms with Gasteiger partial charge in [-0.25, -0.2) is 12.8 Å². The topological polar surface area (TPSA) is 119 Å². The van der Waals surface area contributed by atoms with E-state index in [2.05, 4.69) is 15.6 Å². The van der Waals surface area contributed by atoms with E-state index in [-0.39, 0.29) is 46.7 Å². The highest BCUT2D eigenvalue weighted by molar-refractivity contribution is 7.89. The molecular weight excluding hydrogens is 451 g/mol. The standard InChI is InChI=1S/C22H23FN4O5S/c1-14-12-20(26-31-14)24-22(28)17-7-5-11-27(13-17)33(29,30)21-15(2)25-32-19(21)10-9-16-6-3-4-8-18(16)23/h3-4,6,8-10,12,17H,5,7,11,13H2,1-2H3,(H,24,26,28)/b10-9+. The molecule has 0 saturated carbocycles. The lowest BCUT2D eigenvalue weighted by atomic mass is 9.99. The molecule has 33 heavy (non-hydrogen) atoms. The first-order chi connectivity index (χ1) is 15.8. The molecule has 1 aliphatic rings. The van der Waals surface area contributed by atoms with Gasteiger partial charge in [-0.15, -0.1) is 0 Å². The molecule has 2 aromatic heterocycles. The van der Waals surface area contributed by atoms with Gasteiger partial charge in [0.05, 0.1) is 5.92 Å². The van der Waals surface area contributed by atoms with Crippen molar-refractivity contribution in [3.63, 3.8) is 0 Å². The summed E-state index contributed by atoms with van der Waals surface area (Å²) in [7, 11) is -4.01. The number of piperidine rings is 1. The predicted octanol–water partition coefficient (Wildman–Crippen LogP) is 3.63. The Hall–Kier alpha value is -3.31. The van der Waals surface area contributed by atoms with E-state index in [9.17, 15) is 17.6 Å². The third-order valence-electron chi connectivity index (χ3n) is 5.38. The fraction of sp³-hybridized carbons (Fsp3) is 0.318. The summed E-state index contributed by atoms with van der Waals surface area (Å²) in [5, 5.41) is 10.2. The molecule has 1 atom stereocenters. The Labute approximate surface area is 190 Å². The van der Waals surface area contributed by atoms with Crippen LogP contribution in [0, 0.1) is 25.6 Å². The molecule has 9 nitrogen and oxygen atoms in total. The van der Waals surface area contributed by atoms with Gasteiger partial charge in [-0.05, 0) is 44.9 Å². The van der Waals surface area contributed by atoms with Crippen LogP contribution in [0.4, 0.5) is 10.2 Å². The summed E-state index contributed by atoms with van der Waals surface area (Å²) in [6.45, 7) is 3.50. The first-order valence-electron chi connectivity index (χ1n) is 10.4. The number of carbonyl (C=O) groups excluding carboxylic acids is 1. The number of halogens is 1. The van der Waals surface area contributed by atoms with Crippen LogP contribution >= 0.6 is 0 Å². The van der Waals surface area contributed by atoms with Gasteiger partial charge in [0.1, 0.15) is 17.3 Å². The lowest BCUT2D eigenvalue weighted by Gasteiger charge is -2.30. The van der Waals surface area contributed by atoms with E-state index in [1.165, 1.54) is 29.4 Å². The molecule has 4 rings (SSSR count). The number of carbonyl (C=O) groups is 1. The van der Waals surface area contributed by atoms with Crippen LogP contribution in [-0.4, -0.2) is 42.0 Å². The molecular formula is C22H23FN4O5S. The second kappa shape index (κ2) is 9.28. The van der Waals surface area contributed by atoms with E-state index >= 15 is 0 Å². The highest BCUT2D eigenvalue weighted by atomic mass is 32.2. The van der Waals surface area contributed by atoms with Crippen LogP contribution in [0.5, 0.6) is 0 Å². The largest absolute Gasteiger partial charge is 0.360 e. The van der Waals surface area contributed by atoms with Gasteiger partial charge in [-0.3, -0.25) is 4.79 Å². The van der Waals surface area contributed by atoms with Gasteiger partial charge >= 0.3 is 0 Å². The number of aromatic nitrogens is 2. The van der Waals surface area contributed by atoms with Crippen molar-refractivity contribution in [1.82, 2.24) is 14.6 Å². The van der Waals surface area contributed by atoms with E-state index in [0.717, 1.165) is 0 Å². The maximum Gasteiger partial charge on any atom is 0.248 e. The van der Waals surface area contributed by atoms with Crippen LogP contribution < -0.4 is 5.32 Å². The Morgan fingerprint density at radius 1 is 1.21 bits per heavy atom. The number of nitrogens with zero attached hydrogens (tertiary/aromatic N) is 3. The number of aryl methyl sites for hydroxylation is 2. The van der Waals surface area contributed by atoms with Gasteiger partial charge < -0.3 is 14.4 Å². The molecule has 1 fully saturated rings. The molecule has 3 aromatic rings. The molecule has 0 radical (unpaired) electrons. The third kappa shape index (κ3) is 4.88. The van der Waals surface area contributed by atoms with E-state index < -0.39 is 21.8 Å². The van der Waals surface area contributed by atoms with Crippen molar-refractivity contribution in [2.75, 3.05) is 18.4 Å². The van der Waals surface area contributed by atoms with Crippen molar-refractivity contribution >= 4 is 33.9 Å². The minimum Gasteiger partial charge on any atom is -0.360 e. The molecule has 3 heterocycles. The minimum absolute atomic E-state index is 0.000371. The van der Waals surface area contributed by atoms with Crippen molar-refractivity contribution in [1.29, 1.82) is 0 Å². The van der Waals surface area contributed by atoms with Gasteiger partial charge in [-0.2, -0.15) is 4.31 Å². The van der Waals surface area contributed by atoms with E-state index in [4.69, 9.17) is 9.05 Å². The molecule has 0 bridgehead atoms. The summed E-state index contributed by atoms with van der Waals surface area (Å²) in [5.74, 6) is -0.486. The molecule has 1 saturated heterocycles. The first kappa shape index (κ1) is 22.9. The summed E-state index contributed by atoms with van der Waals surface area (Å²) in [4.78, 5) is 12.6. The van der Waals surface area contributed by atoms with Crippen molar-refractivity contribution in [3.05, 3.63) is 58.9 Å². The molecule has 1 amide bonds. The number of amides is 1. The summed E-state index contributed by atoms with van der Waals surface area (Å²) >= 11 is 0. The molecule has 1 unspecified atom stereocenters. The SMILES string of the molecule is Cc1cc(NC(=O)C2CCCN(S(=O)(=O)c3c(C)noc3/C=C/c3ccccc3F)C2)no1. The smallest absolute Gasteiger partial charge is 0.248 e. The van der Waals surface area contributed by atoms with Crippen LogP contribution in [0.15, 0.2) is 44.3 Å². The zero-order chi connectivity index (χ0) is 23.6. The number of anilines is 1. The van der Waals surface area contributed by atoms with Crippen LogP contribution in [0.3, 0.4) is 0 Å². The van der Waals surface area contributed by atoms with Gasteiger partial charge in [0.25, 0.3) is 0 Å². The zero-order valence-electron chi connectivity index (χ0n) is 18.1. The van der Waals surface area contributed by atoms with Crippen LogP contribution in [-0.2, 0) is 14.8 Å². The summed E-state index contributed by atoms with van der Waals surface area (Å²) in [6, 6.07) is 7.69. The molecule has 11 heteroatoms. The normalized spacial score (nSPS) is 17.5. The fourth-order valence-electron chi connectivity index (χ4n) is 3.73. The van der Waals surface area contributed by atoms with Gasteiger partial charge in [-0.1, -0.05) is 28.5 Å². The van der Waals surface area contributed by atoms with Crippen molar-refractivity contribution in [2.24, 2.45) is 5.92 Å². The molecule has 174 valence electrons. The Morgan fingerprint density at radius 2 is 2.00 bits per heavy atom. The number of benzene rings is 1. The fourth-order valence-corrected chi connectivity index (χ4v) is 5.51. The first-order valence-corrected chi connectivity index (χ1v) is 11.8. The second-order valence-electron chi connectivity index (χ2n) is 7.83. The van der Waals surface area contributed by atoms with Gasteiger partial charge in [0.15, 0.2) is 16.5 Å². The lowest BCUT2D eigenvalue weighted by Crippen LogP contribution is -2.43. The Balaban J connectivity index is 1.55. The number of nitrogens with one attached hydrogen (secondary N) is 1. The summed E-state index contributed by atoms with van der Waals surface area (Å²) < 4.78 is 52.3. The Kier molecular flexibility index (Phi) is 6.43. The van der Waals surface area contributed by atoms with E-state index in [1.807, 2.05) is 0 Å². The maximum absolute atomic E-state index is 13.9. The van der Waals surface area contributed by atoms with E-state index in [0.29, 0.717) is 18.6 Å². The van der Waals surface area contributed by atoms with Crippen molar-refractivity contribution in [2.45, 2.75) is 31.6 Å². The Bertz CT molecular complexity index is 1300. The monoisotopic (exact) mass is 474 g/mol. The van der Waals surface area contributed by atoms with Crippen LogP contribution in [0.2, 0.25) is 0 Å². The molecule has 1 aliphatic heterocycles. The van der Waals surface area contributed by atoms with Crippen molar-refractivity contribution < 1.29 is 26.6 Å². The molecule has 0 aliphatic carbocycles. The summed E-state index contributed by atoms with van der Waals surface area (Å²) in [6.07, 6.45) is 3.87. The number of sulfonamides is 1. The van der Waals surface area contributed by atoms with Gasteiger partial charge in [0.2, 0.25) is 15.9 Å². The van der Waals surface area contributed by atoms with Gasteiger partial charge in [0, 0.05) is 24.7 Å². The van der Waals surface area contributed by atoms with E-state index in [1.54, 1.807) is 31.2 Å². The average Bonchev–Trinajstić information content (AvgIpc) is 3.38. The molecule has 0 spiro atoms. The second-order valence-corrected chi connectivity index (χ2v) is 9.71. The van der Waals surface area contributed by atoms with Crippen LogP contribution in [0.1, 0.15) is 35.6 Å². The quantitative estimate of drug-likeness (QED) is 0.579. The highest BCUT2D eigenvalue weighted by Crippen LogP contribution is 2.30. The highest BCUT2D eigenvalue weighted by Gasteiger charge is 2.37. The molecule has 1 N–H and O–H groups in total.